The molecular weight excluding hydrogens is 338 g/mol. The van der Waals surface area contributed by atoms with Crippen LogP contribution in [0.4, 0.5) is 0 Å². The quantitative estimate of drug-likeness (QED) is 0.751. The first-order valence-corrected chi connectivity index (χ1v) is 8.61. The van der Waals surface area contributed by atoms with Gasteiger partial charge in [-0.25, -0.2) is 0 Å². The first-order valence-electron chi connectivity index (χ1n) is 8.23. The van der Waals surface area contributed by atoms with E-state index in [-0.39, 0.29) is 17.9 Å². The molecule has 2 aromatic rings. The van der Waals surface area contributed by atoms with Gasteiger partial charge in [0.05, 0.1) is 6.54 Å². The Morgan fingerprint density at radius 2 is 1.76 bits per heavy atom. The summed E-state index contributed by atoms with van der Waals surface area (Å²) in [5.41, 5.74) is 1.29. The first kappa shape index (κ1) is 19.1. The molecule has 0 bridgehead atoms. The average molecular weight is 362 g/mol. The second-order valence-electron chi connectivity index (χ2n) is 6.72. The average Bonchev–Trinajstić information content (AvgIpc) is 2.58. The predicted molar refractivity (Wildman–Crippen MR) is 101 cm³/mol. The van der Waals surface area contributed by atoms with Crippen molar-refractivity contribution in [3.63, 3.8) is 0 Å². The maximum Gasteiger partial charge on any atom is 0.258 e. The summed E-state index contributed by atoms with van der Waals surface area (Å²) in [6, 6.07) is 14.9. The number of hydrogen-bond acceptors (Lipinski definition) is 3. The lowest BCUT2D eigenvalue weighted by molar-refractivity contribution is -0.123. The van der Waals surface area contributed by atoms with E-state index in [1.807, 2.05) is 18.2 Å². The van der Waals surface area contributed by atoms with Gasteiger partial charge in [-0.15, -0.1) is 0 Å². The van der Waals surface area contributed by atoms with E-state index >= 15 is 0 Å². The molecule has 0 unspecified atom stereocenters. The molecule has 1 N–H and O–H groups in total. The van der Waals surface area contributed by atoms with Crippen molar-refractivity contribution >= 4 is 17.5 Å². The minimum atomic E-state index is -0.193. The van der Waals surface area contributed by atoms with Crippen LogP contribution in [0.2, 0.25) is 5.02 Å². The van der Waals surface area contributed by atoms with Gasteiger partial charge in [-0.2, -0.15) is 0 Å². The first-order chi connectivity index (χ1) is 11.8. The lowest BCUT2D eigenvalue weighted by Gasteiger charge is -2.19. The fourth-order valence-electron chi connectivity index (χ4n) is 2.14. The largest absolute Gasteiger partial charge is 0.492 e. The third-order valence-corrected chi connectivity index (χ3v) is 3.83. The summed E-state index contributed by atoms with van der Waals surface area (Å²) in [5.74, 6) is 1.22. The third kappa shape index (κ3) is 6.67. The number of carbonyl (C=O) groups excluding carboxylic acids is 1. The third-order valence-electron chi connectivity index (χ3n) is 3.58. The SMILES string of the molecule is CC(C)(C)c1cccc(OCCNC(=O)COc2ccc(Cl)cc2)c1. The molecule has 0 saturated carbocycles. The Bertz CT molecular complexity index is 693. The van der Waals surface area contributed by atoms with Gasteiger partial charge in [-0.1, -0.05) is 44.5 Å². The Balaban J connectivity index is 1.68. The van der Waals surface area contributed by atoms with Gasteiger partial charge in [0.1, 0.15) is 18.1 Å². The van der Waals surface area contributed by atoms with Gasteiger partial charge in [0.2, 0.25) is 0 Å². The highest BCUT2D eigenvalue weighted by Crippen LogP contribution is 2.25. The molecule has 0 saturated heterocycles. The van der Waals surface area contributed by atoms with Crippen LogP contribution in [-0.4, -0.2) is 25.7 Å². The summed E-state index contributed by atoms with van der Waals surface area (Å²) in [7, 11) is 0. The highest BCUT2D eigenvalue weighted by Gasteiger charge is 2.13. The summed E-state index contributed by atoms with van der Waals surface area (Å²) in [6.07, 6.45) is 0. The van der Waals surface area contributed by atoms with Crippen LogP contribution >= 0.6 is 11.6 Å². The monoisotopic (exact) mass is 361 g/mol. The number of halogens is 1. The van der Waals surface area contributed by atoms with Crippen LogP contribution in [0.15, 0.2) is 48.5 Å². The van der Waals surface area contributed by atoms with Crippen molar-refractivity contribution in [3.8, 4) is 11.5 Å². The van der Waals surface area contributed by atoms with Crippen molar-refractivity contribution in [2.24, 2.45) is 0 Å². The van der Waals surface area contributed by atoms with E-state index in [0.717, 1.165) is 5.75 Å². The van der Waals surface area contributed by atoms with Crippen molar-refractivity contribution in [2.45, 2.75) is 26.2 Å². The zero-order valence-corrected chi connectivity index (χ0v) is 15.6. The molecule has 0 atom stereocenters. The molecule has 0 spiro atoms. The van der Waals surface area contributed by atoms with Gasteiger partial charge in [0, 0.05) is 5.02 Å². The van der Waals surface area contributed by atoms with Gasteiger partial charge in [0.15, 0.2) is 6.61 Å². The van der Waals surface area contributed by atoms with Crippen molar-refractivity contribution in [3.05, 3.63) is 59.1 Å². The molecule has 0 aliphatic carbocycles. The topological polar surface area (TPSA) is 47.6 Å². The molecule has 0 aromatic heterocycles. The molecule has 25 heavy (non-hydrogen) atoms. The van der Waals surface area contributed by atoms with Crippen LogP contribution in [-0.2, 0) is 10.2 Å². The number of rotatable bonds is 7. The molecule has 2 aromatic carbocycles. The molecule has 5 heteroatoms. The minimum Gasteiger partial charge on any atom is -0.492 e. The number of hydrogen-bond donors (Lipinski definition) is 1. The Hall–Kier alpha value is -2.20. The number of ether oxygens (including phenoxy) is 2. The van der Waals surface area contributed by atoms with Gasteiger partial charge in [-0.05, 0) is 47.4 Å². The van der Waals surface area contributed by atoms with Crippen LogP contribution in [0.1, 0.15) is 26.3 Å². The van der Waals surface area contributed by atoms with E-state index in [1.54, 1.807) is 24.3 Å². The Kier molecular flexibility index (Phi) is 6.71. The van der Waals surface area contributed by atoms with Crippen LogP contribution in [0.3, 0.4) is 0 Å². The van der Waals surface area contributed by atoms with Crippen LogP contribution in [0.5, 0.6) is 11.5 Å². The zero-order valence-electron chi connectivity index (χ0n) is 14.8. The molecule has 0 radical (unpaired) electrons. The van der Waals surface area contributed by atoms with Crippen LogP contribution in [0, 0.1) is 0 Å². The molecule has 1 amide bonds. The molecular formula is C20H24ClNO3. The Morgan fingerprint density at radius 3 is 2.44 bits per heavy atom. The maximum absolute atomic E-state index is 11.8. The van der Waals surface area contributed by atoms with Crippen molar-refractivity contribution < 1.29 is 14.3 Å². The standard InChI is InChI=1S/C20H24ClNO3/c1-20(2,3)15-5-4-6-18(13-15)24-12-11-22-19(23)14-25-17-9-7-16(21)8-10-17/h4-10,13H,11-12,14H2,1-3H3,(H,22,23). The zero-order chi connectivity index (χ0) is 18.3. The molecule has 0 fully saturated rings. The number of benzene rings is 2. The normalized spacial score (nSPS) is 11.0. The van der Waals surface area contributed by atoms with Gasteiger partial charge in [-0.3, -0.25) is 4.79 Å². The lowest BCUT2D eigenvalue weighted by atomic mass is 9.87. The molecule has 2 rings (SSSR count). The summed E-state index contributed by atoms with van der Waals surface area (Å²) in [4.78, 5) is 11.8. The highest BCUT2D eigenvalue weighted by molar-refractivity contribution is 6.30. The summed E-state index contributed by atoms with van der Waals surface area (Å²) >= 11 is 5.80. The lowest BCUT2D eigenvalue weighted by Crippen LogP contribution is -2.32. The van der Waals surface area contributed by atoms with Gasteiger partial charge in [0.25, 0.3) is 5.91 Å². The predicted octanol–water partition coefficient (Wildman–Crippen LogP) is 4.21. The fourth-order valence-corrected chi connectivity index (χ4v) is 2.27. The summed E-state index contributed by atoms with van der Waals surface area (Å²) < 4.78 is 11.1. The molecule has 134 valence electrons. The minimum absolute atomic E-state index is 0.0405. The molecule has 0 aliphatic heterocycles. The van der Waals surface area contributed by atoms with Gasteiger partial charge < -0.3 is 14.8 Å². The van der Waals surface area contributed by atoms with Crippen LogP contribution < -0.4 is 14.8 Å². The van der Waals surface area contributed by atoms with Gasteiger partial charge >= 0.3 is 0 Å². The Labute approximate surface area is 154 Å². The van der Waals surface area contributed by atoms with Crippen molar-refractivity contribution in [1.29, 1.82) is 0 Å². The number of amides is 1. The van der Waals surface area contributed by atoms with Crippen molar-refractivity contribution in [1.82, 2.24) is 5.32 Å². The molecule has 0 heterocycles. The van der Waals surface area contributed by atoms with E-state index in [2.05, 4.69) is 32.2 Å². The van der Waals surface area contributed by atoms with E-state index in [4.69, 9.17) is 21.1 Å². The summed E-state index contributed by atoms with van der Waals surface area (Å²) in [5, 5.41) is 3.39. The van der Waals surface area contributed by atoms with Crippen molar-refractivity contribution in [2.75, 3.05) is 19.8 Å². The summed E-state index contributed by atoms with van der Waals surface area (Å²) in [6.45, 7) is 7.26. The van der Waals surface area contributed by atoms with E-state index in [9.17, 15) is 4.79 Å². The highest BCUT2D eigenvalue weighted by atomic mass is 35.5. The second-order valence-corrected chi connectivity index (χ2v) is 7.16. The van der Waals surface area contributed by atoms with E-state index in [1.165, 1.54) is 5.56 Å². The van der Waals surface area contributed by atoms with E-state index in [0.29, 0.717) is 23.9 Å². The Morgan fingerprint density at radius 1 is 1.04 bits per heavy atom. The maximum atomic E-state index is 11.8. The number of nitrogens with one attached hydrogen (secondary N) is 1. The fraction of sp³-hybridized carbons (Fsp3) is 0.350. The number of carbonyl (C=O) groups is 1. The second kappa shape index (κ2) is 8.77. The van der Waals surface area contributed by atoms with Crippen LogP contribution in [0.25, 0.3) is 0 Å². The molecule has 0 aliphatic rings. The molecule has 4 nitrogen and oxygen atoms in total. The smallest absolute Gasteiger partial charge is 0.258 e. The van der Waals surface area contributed by atoms with E-state index < -0.39 is 0 Å².